The number of ether oxygens (including phenoxy) is 2. The molecule has 0 amide bonds. The minimum Gasteiger partial charge on any atom is -1.00 e. The number of benzene rings is 1. The molecule has 0 aliphatic carbocycles. The SMILES string of the molecule is CC(C)[C@H](N)C(=O)OC[n+]1ccc(NC(=NC#N)NCCCCCCOc2ccc(Cl)cc2)cc1.[Cl-]. The van der Waals surface area contributed by atoms with Gasteiger partial charge in [-0.05, 0) is 43.0 Å². The van der Waals surface area contributed by atoms with Crippen molar-refractivity contribution in [1.29, 1.82) is 5.26 Å². The summed E-state index contributed by atoms with van der Waals surface area (Å²) >= 11 is 5.86. The molecular formula is C25H34Cl2N6O3. The number of hydrogen-bond acceptors (Lipinski definition) is 6. The molecule has 4 N–H and O–H groups in total. The van der Waals surface area contributed by atoms with Gasteiger partial charge in [-0.2, -0.15) is 9.83 Å². The Hall–Kier alpha value is -3.06. The number of unbranched alkanes of at least 4 members (excludes halogenated alkanes) is 3. The summed E-state index contributed by atoms with van der Waals surface area (Å²) in [4.78, 5) is 15.7. The highest BCUT2D eigenvalue weighted by atomic mass is 35.5. The highest BCUT2D eigenvalue weighted by Gasteiger charge is 2.19. The van der Waals surface area contributed by atoms with Crippen molar-refractivity contribution in [2.45, 2.75) is 52.3 Å². The van der Waals surface area contributed by atoms with Gasteiger partial charge in [-0.3, -0.25) is 4.79 Å². The van der Waals surface area contributed by atoms with Crippen LogP contribution in [0.25, 0.3) is 0 Å². The maximum Gasteiger partial charge on any atom is 0.327 e. The second kappa shape index (κ2) is 17.4. The Morgan fingerprint density at radius 3 is 2.44 bits per heavy atom. The molecule has 196 valence electrons. The number of pyridine rings is 1. The van der Waals surface area contributed by atoms with Gasteiger partial charge in [0.15, 0.2) is 12.4 Å². The summed E-state index contributed by atoms with van der Waals surface area (Å²) in [5.41, 5.74) is 6.53. The minimum absolute atomic E-state index is 0. The van der Waals surface area contributed by atoms with E-state index in [-0.39, 0.29) is 25.1 Å². The molecule has 1 aromatic carbocycles. The molecule has 0 radical (unpaired) electrons. The lowest BCUT2D eigenvalue weighted by Crippen LogP contribution is -3.00. The van der Waals surface area contributed by atoms with Crippen LogP contribution in [0.2, 0.25) is 5.02 Å². The van der Waals surface area contributed by atoms with Crippen LogP contribution in [-0.4, -0.2) is 31.1 Å². The molecule has 1 aromatic heterocycles. The van der Waals surface area contributed by atoms with Crippen molar-refractivity contribution in [1.82, 2.24) is 5.32 Å². The first kappa shape index (κ1) is 31.0. The van der Waals surface area contributed by atoms with Crippen molar-refractivity contribution in [2.24, 2.45) is 16.6 Å². The van der Waals surface area contributed by atoms with Crippen molar-refractivity contribution in [3.05, 3.63) is 53.8 Å². The summed E-state index contributed by atoms with van der Waals surface area (Å²) in [6.45, 7) is 5.15. The van der Waals surface area contributed by atoms with Gasteiger partial charge in [-0.1, -0.05) is 38.3 Å². The predicted octanol–water partition coefficient (Wildman–Crippen LogP) is 0.593. The third-order valence-corrected chi connectivity index (χ3v) is 5.36. The average Bonchev–Trinajstić information content (AvgIpc) is 2.85. The Bertz CT molecular complexity index is 979. The molecule has 0 aliphatic heterocycles. The van der Waals surface area contributed by atoms with Gasteiger partial charge in [0, 0.05) is 23.7 Å². The van der Waals surface area contributed by atoms with E-state index in [1.807, 2.05) is 38.1 Å². The molecule has 0 fully saturated rings. The molecule has 0 aliphatic rings. The number of nitrogens with two attached hydrogens (primary N) is 1. The van der Waals surface area contributed by atoms with E-state index in [0.29, 0.717) is 24.1 Å². The zero-order valence-electron chi connectivity index (χ0n) is 20.6. The van der Waals surface area contributed by atoms with Gasteiger partial charge >= 0.3 is 5.97 Å². The highest BCUT2D eigenvalue weighted by molar-refractivity contribution is 6.30. The number of halogens is 2. The lowest BCUT2D eigenvalue weighted by Gasteiger charge is -2.13. The van der Waals surface area contributed by atoms with Crippen LogP contribution < -0.4 is 38.1 Å². The zero-order chi connectivity index (χ0) is 25.5. The van der Waals surface area contributed by atoms with E-state index in [9.17, 15) is 4.79 Å². The summed E-state index contributed by atoms with van der Waals surface area (Å²) in [5.74, 6) is 0.780. The Morgan fingerprint density at radius 2 is 1.81 bits per heavy atom. The van der Waals surface area contributed by atoms with Crippen molar-refractivity contribution in [3.8, 4) is 11.9 Å². The number of carbonyl (C=O) groups is 1. The second-order valence-corrected chi connectivity index (χ2v) is 8.73. The molecule has 9 nitrogen and oxygen atoms in total. The number of nitrogens with one attached hydrogen (secondary N) is 2. The number of carbonyl (C=O) groups excluding carboxylic acids is 1. The summed E-state index contributed by atoms with van der Waals surface area (Å²) in [6, 6.07) is 10.3. The van der Waals surface area contributed by atoms with Gasteiger partial charge in [-0.15, -0.1) is 4.99 Å². The van der Waals surface area contributed by atoms with Crippen LogP contribution in [0.3, 0.4) is 0 Å². The summed E-state index contributed by atoms with van der Waals surface area (Å²) in [7, 11) is 0. The molecule has 0 spiro atoms. The number of esters is 1. The number of aliphatic imine (C=N–C) groups is 1. The van der Waals surface area contributed by atoms with Gasteiger partial charge in [0.05, 0.1) is 12.3 Å². The molecule has 0 saturated heterocycles. The van der Waals surface area contributed by atoms with Gasteiger partial charge in [0.1, 0.15) is 11.8 Å². The minimum atomic E-state index is -0.643. The lowest BCUT2D eigenvalue weighted by molar-refractivity contribution is -0.727. The first-order valence-electron chi connectivity index (χ1n) is 11.7. The number of hydrogen-bond donors (Lipinski definition) is 3. The maximum absolute atomic E-state index is 11.9. The molecular weight excluding hydrogens is 503 g/mol. The summed E-state index contributed by atoms with van der Waals surface area (Å²) < 4.78 is 12.6. The smallest absolute Gasteiger partial charge is 0.327 e. The number of nitrogens with zero attached hydrogens (tertiary/aromatic N) is 3. The quantitative estimate of drug-likeness (QED) is 0.0853. The maximum atomic E-state index is 11.9. The van der Waals surface area contributed by atoms with Gasteiger partial charge < -0.3 is 38.2 Å². The largest absolute Gasteiger partial charge is 1.00 e. The summed E-state index contributed by atoms with van der Waals surface area (Å²) in [5, 5.41) is 15.9. The van der Waals surface area contributed by atoms with E-state index in [0.717, 1.165) is 37.1 Å². The van der Waals surface area contributed by atoms with E-state index in [4.69, 9.17) is 32.1 Å². The third kappa shape index (κ3) is 12.1. The first-order chi connectivity index (χ1) is 16.9. The fourth-order valence-electron chi connectivity index (χ4n) is 2.94. The van der Waals surface area contributed by atoms with Crippen LogP contribution in [0.1, 0.15) is 39.5 Å². The van der Waals surface area contributed by atoms with E-state index in [1.54, 1.807) is 35.3 Å². The van der Waals surface area contributed by atoms with Crippen LogP contribution in [0.5, 0.6) is 5.75 Å². The second-order valence-electron chi connectivity index (χ2n) is 8.29. The van der Waals surface area contributed by atoms with Crippen LogP contribution >= 0.6 is 11.6 Å². The molecule has 2 rings (SSSR count). The van der Waals surface area contributed by atoms with Crippen LogP contribution in [-0.2, 0) is 16.3 Å². The number of rotatable bonds is 13. The lowest BCUT2D eigenvalue weighted by atomic mass is 10.1. The molecule has 11 heteroatoms. The summed E-state index contributed by atoms with van der Waals surface area (Å²) in [6.07, 6.45) is 9.28. The van der Waals surface area contributed by atoms with Crippen LogP contribution in [0.4, 0.5) is 5.69 Å². The van der Waals surface area contributed by atoms with Crippen LogP contribution in [0, 0.1) is 17.4 Å². The number of anilines is 1. The van der Waals surface area contributed by atoms with Crippen molar-refractivity contribution in [2.75, 3.05) is 18.5 Å². The first-order valence-corrected chi connectivity index (χ1v) is 12.0. The van der Waals surface area contributed by atoms with E-state index >= 15 is 0 Å². The molecule has 0 saturated carbocycles. The Kier molecular flexibility index (Phi) is 15.0. The van der Waals surface area contributed by atoms with Crippen LogP contribution in [0.15, 0.2) is 53.8 Å². The fourth-order valence-corrected chi connectivity index (χ4v) is 3.07. The van der Waals surface area contributed by atoms with E-state index in [1.165, 1.54) is 0 Å². The Morgan fingerprint density at radius 1 is 1.14 bits per heavy atom. The van der Waals surface area contributed by atoms with Crippen molar-refractivity contribution in [3.63, 3.8) is 0 Å². The van der Waals surface area contributed by atoms with Gasteiger partial charge in [-0.25, -0.2) is 0 Å². The van der Waals surface area contributed by atoms with Crippen molar-refractivity contribution < 1.29 is 31.2 Å². The van der Waals surface area contributed by atoms with Gasteiger partial charge in [0.25, 0.3) is 6.73 Å². The Labute approximate surface area is 224 Å². The molecule has 36 heavy (non-hydrogen) atoms. The molecule has 1 heterocycles. The van der Waals surface area contributed by atoms with Gasteiger partial charge in [0.2, 0.25) is 12.2 Å². The molecule has 0 bridgehead atoms. The predicted molar refractivity (Wildman–Crippen MR) is 136 cm³/mol. The Balaban J connectivity index is 0.00000648. The van der Waals surface area contributed by atoms with E-state index < -0.39 is 12.0 Å². The number of guanidine groups is 1. The van der Waals surface area contributed by atoms with E-state index in [2.05, 4.69) is 15.6 Å². The number of aromatic nitrogens is 1. The molecule has 2 aromatic rings. The third-order valence-electron chi connectivity index (χ3n) is 5.11. The number of nitriles is 1. The topological polar surface area (TPSA) is 126 Å². The van der Waals surface area contributed by atoms with Crippen molar-refractivity contribution >= 4 is 29.2 Å². The average molecular weight is 537 g/mol. The standard InChI is InChI=1S/C25H33ClN6O3.ClH/c1-19(2)23(28)24(33)35-18-32-14-11-21(12-15-32)31-25(30-17-27)29-13-5-3-4-6-16-34-22-9-7-20(26)8-10-22;/h7-12,14-15,19,23H,3-6,13,16,18,28H2,1-2H3,(H,29,30);1H/t23-;/m0./s1. The molecule has 1 atom stereocenters. The highest BCUT2D eigenvalue weighted by Crippen LogP contribution is 2.16. The molecule has 0 unspecified atom stereocenters. The zero-order valence-corrected chi connectivity index (χ0v) is 22.1. The fraction of sp³-hybridized carbons (Fsp3) is 0.440. The monoisotopic (exact) mass is 536 g/mol. The normalized spacial score (nSPS) is 11.7.